The van der Waals surface area contributed by atoms with E-state index in [0.717, 1.165) is 30.6 Å². The van der Waals surface area contributed by atoms with Gasteiger partial charge in [-0.05, 0) is 37.1 Å². The number of sulfonamides is 1. The molecule has 10 nitrogen and oxygen atoms in total. The van der Waals surface area contributed by atoms with Gasteiger partial charge in [0, 0.05) is 6.04 Å². The topological polar surface area (TPSA) is 140 Å². The molecule has 0 bridgehead atoms. The maximum absolute atomic E-state index is 12.0. The van der Waals surface area contributed by atoms with Crippen LogP contribution in [0.15, 0.2) is 39.8 Å². The van der Waals surface area contributed by atoms with E-state index in [1.165, 1.54) is 6.07 Å². The lowest BCUT2D eigenvalue weighted by Crippen LogP contribution is -2.25. The van der Waals surface area contributed by atoms with Crippen LogP contribution in [0.1, 0.15) is 23.4 Å². The summed E-state index contributed by atoms with van der Waals surface area (Å²) in [6.45, 7) is -0.574. The smallest absolute Gasteiger partial charge is 0.374 e. The Bertz CT molecular complexity index is 1150. The average Bonchev–Trinajstić information content (AvgIpc) is 3.15. The molecule has 4 rings (SSSR count). The Morgan fingerprint density at radius 1 is 1.21 bits per heavy atom. The van der Waals surface area contributed by atoms with Gasteiger partial charge >= 0.3 is 5.97 Å². The highest BCUT2D eigenvalue weighted by Crippen LogP contribution is 2.23. The molecule has 0 unspecified atom stereocenters. The van der Waals surface area contributed by atoms with Gasteiger partial charge in [-0.15, -0.1) is 0 Å². The first-order valence-corrected chi connectivity index (χ1v) is 10.4. The quantitative estimate of drug-likeness (QED) is 0.546. The Morgan fingerprint density at radius 2 is 2.04 bits per heavy atom. The van der Waals surface area contributed by atoms with Crippen molar-refractivity contribution in [2.24, 2.45) is 0 Å². The molecular formula is C16H14N4O6S2. The number of nitrogens with zero attached hydrogens (tertiary/aromatic N) is 2. The van der Waals surface area contributed by atoms with Crippen molar-refractivity contribution in [2.45, 2.75) is 24.0 Å². The van der Waals surface area contributed by atoms with Crippen molar-refractivity contribution >= 4 is 50.3 Å². The summed E-state index contributed by atoms with van der Waals surface area (Å²) in [5.41, 5.74) is 1.63. The first-order chi connectivity index (χ1) is 13.4. The van der Waals surface area contributed by atoms with Crippen LogP contribution in [0.2, 0.25) is 0 Å². The molecule has 28 heavy (non-hydrogen) atoms. The molecule has 0 aliphatic heterocycles. The number of ether oxygens (including phenoxy) is 1. The molecule has 0 spiro atoms. The van der Waals surface area contributed by atoms with Crippen LogP contribution < -0.4 is 10.0 Å². The van der Waals surface area contributed by atoms with E-state index in [2.05, 4.69) is 18.8 Å². The number of furan rings is 1. The van der Waals surface area contributed by atoms with Gasteiger partial charge in [-0.2, -0.15) is 8.75 Å². The Kier molecular flexibility index (Phi) is 4.83. The maximum atomic E-state index is 12.0. The van der Waals surface area contributed by atoms with Gasteiger partial charge in [-0.3, -0.25) is 4.79 Å². The molecule has 2 aromatic heterocycles. The fourth-order valence-electron chi connectivity index (χ4n) is 2.35. The van der Waals surface area contributed by atoms with Gasteiger partial charge in [0.05, 0.1) is 17.4 Å². The SMILES string of the molecule is O=C(COC(=O)c1ccc(S(=O)(=O)NC2CC2)o1)Nc1cccc2nsnc12. The lowest BCUT2D eigenvalue weighted by atomic mass is 10.2. The molecular weight excluding hydrogens is 408 g/mol. The zero-order valence-electron chi connectivity index (χ0n) is 14.2. The van der Waals surface area contributed by atoms with Crippen LogP contribution in [0, 0.1) is 0 Å². The third kappa shape index (κ3) is 4.03. The molecule has 2 N–H and O–H groups in total. The van der Waals surface area contributed by atoms with E-state index in [4.69, 9.17) is 9.15 Å². The van der Waals surface area contributed by atoms with Crippen LogP contribution in [0.4, 0.5) is 5.69 Å². The van der Waals surface area contributed by atoms with Crippen LogP contribution in [0.25, 0.3) is 11.0 Å². The molecule has 2 heterocycles. The summed E-state index contributed by atoms with van der Waals surface area (Å²) in [6.07, 6.45) is 1.54. The second-order valence-corrected chi connectivity index (χ2v) is 8.25. The van der Waals surface area contributed by atoms with Crippen molar-refractivity contribution < 1.29 is 27.2 Å². The largest absolute Gasteiger partial charge is 0.450 e. The Labute approximate surface area is 163 Å². The number of carbonyl (C=O) groups excluding carboxylic acids is 2. The van der Waals surface area contributed by atoms with Gasteiger partial charge in [0.15, 0.2) is 6.61 Å². The summed E-state index contributed by atoms with van der Waals surface area (Å²) in [4.78, 5) is 24.1. The summed E-state index contributed by atoms with van der Waals surface area (Å²) >= 11 is 1.02. The van der Waals surface area contributed by atoms with Crippen LogP contribution in [0.3, 0.4) is 0 Å². The van der Waals surface area contributed by atoms with Crippen LogP contribution in [-0.2, 0) is 19.6 Å². The van der Waals surface area contributed by atoms with Crippen molar-refractivity contribution in [3.63, 3.8) is 0 Å². The lowest BCUT2D eigenvalue weighted by Gasteiger charge is -2.06. The summed E-state index contributed by atoms with van der Waals surface area (Å²) in [6, 6.07) is 7.38. The monoisotopic (exact) mass is 422 g/mol. The molecule has 146 valence electrons. The Balaban J connectivity index is 1.35. The van der Waals surface area contributed by atoms with Crippen molar-refractivity contribution in [3.05, 3.63) is 36.1 Å². The minimum Gasteiger partial charge on any atom is -0.450 e. The fourth-order valence-corrected chi connectivity index (χ4v) is 4.14. The predicted molar refractivity (Wildman–Crippen MR) is 98.4 cm³/mol. The first-order valence-electron chi connectivity index (χ1n) is 8.23. The van der Waals surface area contributed by atoms with Crippen molar-refractivity contribution in [2.75, 3.05) is 11.9 Å². The number of fused-ring (bicyclic) bond motifs is 1. The summed E-state index contributed by atoms with van der Waals surface area (Å²) < 4.78 is 44.6. The third-order valence-electron chi connectivity index (χ3n) is 3.84. The Hall–Kier alpha value is -2.83. The number of anilines is 1. The second kappa shape index (κ2) is 7.30. The second-order valence-electron chi connectivity index (χ2n) is 6.08. The molecule has 1 amide bonds. The number of amides is 1. The van der Waals surface area contributed by atoms with E-state index >= 15 is 0 Å². The number of esters is 1. The van der Waals surface area contributed by atoms with E-state index in [0.29, 0.717) is 16.7 Å². The standard InChI is InChI=1S/C16H14N4O6S2/c21-13(17-10-2-1-3-11-15(10)19-27-18-11)8-25-16(22)12-6-7-14(26-12)28(23,24)20-9-4-5-9/h1-3,6-7,9,20H,4-5,8H2,(H,17,21). The van der Waals surface area contributed by atoms with E-state index in [1.807, 2.05) is 0 Å². The molecule has 1 saturated carbocycles. The number of rotatable bonds is 7. The summed E-state index contributed by atoms with van der Waals surface area (Å²) in [7, 11) is -3.81. The molecule has 1 aliphatic rings. The van der Waals surface area contributed by atoms with Gasteiger partial charge in [-0.25, -0.2) is 17.9 Å². The lowest BCUT2D eigenvalue weighted by molar-refractivity contribution is -0.119. The number of aromatic nitrogens is 2. The molecule has 0 saturated heterocycles. The minimum absolute atomic E-state index is 0.0911. The first kappa shape index (κ1) is 18.5. The van der Waals surface area contributed by atoms with E-state index in [-0.39, 0.29) is 16.9 Å². The van der Waals surface area contributed by atoms with E-state index in [9.17, 15) is 18.0 Å². The zero-order valence-corrected chi connectivity index (χ0v) is 15.9. The number of benzene rings is 1. The van der Waals surface area contributed by atoms with E-state index < -0.39 is 28.5 Å². The normalized spacial score (nSPS) is 14.1. The number of hydrogen-bond donors (Lipinski definition) is 2. The number of nitrogens with one attached hydrogen (secondary N) is 2. The Morgan fingerprint density at radius 3 is 2.82 bits per heavy atom. The zero-order chi connectivity index (χ0) is 19.7. The number of carbonyl (C=O) groups is 2. The molecule has 1 aromatic carbocycles. The van der Waals surface area contributed by atoms with Gasteiger partial charge in [0.2, 0.25) is 10.9 Å². The van der Waals surface area contributed by atoms with Gasteiger partial charge in [0.1, 0.15) is 11.0 Å². The minimum atomic E-state index is -3.81. The third-order valence-corrected chi connectivity index (χ3v) is 5.78. The van der Waals surface area contributed by atoms with Gasteiger partial charge in [0.25, 0.3) is 15.9 Å². The molecule has 1 fully saturated rings. The molecule has 0 radical (unpaired) electrons. The highest BCUT2D eigenvalue weighted by Gasteiger charge is 2.30. The van der Waals surface area contributed by atoms with Crippen molar-refractivity contribution in [1.82, 2.24) is 13.5 Å². The highest BCUT2D eigenvalue weighted by atomic mass is 32.2. The average molecular weight is 422 g/mol. The van der Waals surface area contributed by atoms with Crippen LogP contribution >= 0.6 is 11.7 Å². The predicted octanol–water partition coefficient (Wildman–Crippen LogP) is 1.52. The van der Waals surface area contributed by atoms with Gasteiger partial charge in [-0.1, -0.05) is 6.07 Å². The van der Waals surface area contributed by atoms with Crippen LogP contribution in [-0.4, -0.2) is 41.7 Å². The molecule has 12 heteroatoms. The molecule has 1 aliphatic carbocycles. The van der Waals surface area contributed by atoms with Crippen LogP contribution in [0.5, 0.6) is 0 Å². The number of hydrogen-bond acceptors (Lipinski definition) is 9. The molecule has 3 aromatic rings. The summed E-state index contributed by atoms with van der Waals surface area (Å²) in [5.74, 6) is -1.84. The van der Waals surface area contributed by atoms with Crippen molar-refractivity contribution in [1.29, 1.82) is 0 Å². The maximum Gasteiger partial charge on any atom is 0.374 e. The van der Waals surface area contributed by atoms with Gasteiger partial charge < -0.3 is 14.5 Å². The molecule has 0 atom stereocenters. The van der Waals surface area contributed by atoms with E-state index in [1.54, 1.807) is 18.2 Å². The van der Waals surface area contributed by atoms with Crippen molar-refractivity contribution in [3.8, 4) is 0 Å². The summed E-state index contributed by atoms with van der Waals surface area (Å²) in [5, 5.41) is 2.21. The highest BCUT2D eigenvalue weighted by molar-refractivity contribution is 7.89. The fraction of sp³-hybridized carbons (Fsp3) is 0.250.